The Kier molecular flexibility index (Phi) is 6.44. The molecule has 1 aliphatic heterocycles. The minimum atomic E-state index is -4.60. The summed E-state index contributed by atoms with van der Waals surface area (Å²) in [5.74, 6) is -3.23. The summed E-state index contributed by atoms with van der Waals surface area (Å²) in [7, 11) is 3.18. The van der Waals surface area contributed by atoms with E-state index in [1.807, 2.05) is 0 Å². The van der Waals surface area contributed by atoms with Crippen molar-refractivity contribution in [3.05, 3.63) is 63.6 Å². The summed E-state index contributed by atoms with van der Waals surface area (Å²) in [5, 5.41) is 0. The number of imide groups is 1. The van der Waals surface area contributed by atoms with Crippen molar-refractivity contribution in [3.63, 3.8) is 0 Å². The maximum Gasteiger partial charge on any atom is 0.506 e. The highest BCUT2D eigenvalue weighted by molar-refractivity contribution is 6.16. The molecule has 39 heavy (non-hydrogen) atoms. The summed E-state index contributed by atoms with van der Waals surface area (Å²) in [5.41, 5.74) is 0.570. The van der Waals surface area contributed by atoms with Crippen LogP contribution in [0.1, 0.15) is 42.5 Å². The Bertz CT molecular complexity index is 1620. The molecular formula is C27H26F3N4O5+. The molecule has 2 aliphatic rings. The van der Waals surface area contributed by atoms with Crippen LogP contribution in [-0.2, 0) is 41.0 Å². The molecule has 2 atom stereocenters. The number of aromatic nitrogens is 2. The number of fused-ring (bicyclic) bond motifs is 2. The third-order valence-electron chi connectivity index (χ3n) is 7.38. The van der Waals surface area contributed by atoms with Gasteiger partial charge in [0.2, 0.25) is 5.92 Å². The summed E-state index contributed by atoms with van der Waals surface area (Å²) >= 11 is 0. The van der Waals surface area contributed by atoms with Crippen molar-refractivity contribution in [2.24, 2.45) is 20.0 Å². The molecule has 204 valence electrons. The first-order chi connectivity index (χ1) is 18.5. The molecule has 3 amide bonds. The Morgan fingerprint density at radius 2 is 1.79 bits per heavy atom. The van der Waals surface area contributed by atoms with Crippen molar-refractivity contribution in [3.8, 4) is 0 Å². The van der Waals surface area contributed by atoms with Crippen molar-refractivity contribution in [1.29, 1.82) is 0 Å². The van der Waals surface area contributed by atoms with E-state index >= 15 is 0 Å². The minimum Gasteiger partial charge on any atom is -0.465 e. The number of amides is 3. The Morgan fingerprint density at radius 1 is 1.08 bits per heavy atom. The fourth-order valence-corrected chi connectivity index (χ4v) is 5.52. The van der Waals surface area contributed by atoms with Crippen LogP contribution in [0.5, 0.6) is 0 Å². The van der Waals surface area contributed by atoms with E-state index in [9.17, 15) is 32.3 Å². The molecule has 9 nitrogen and oxygen atoms in total. The van der Waals surface area contributed by atoms with Gasteiger partial charge >= 0.3 is 29.8 Å². The number of carbonyl (C=O) groups excluding carboxylic acids is 3. The normalized spacial score (nSPS) is 19.7. The predicted octanol–water partition coefficient (Wildman–Crippen LogP) is 3.83. The third-order valence-corrected chi connectivity index (χ3v) is 7.38. The highest BCUT2D eigenvalue weighted by Gasteiger charge is 2.52. The molecule has 0 fully saturated rings. The molecule has 2 unspecified atom stereocenters. The highest BCUT2D eigenvalue weighted by Crippen LogP contribution is 2.42. The Labute approximate surface area is 220 Å². The molecule has 1 aromatic heterocycles. The standard InChI is InChI=1S/C27H26F3N4O5/c1-4-39-24(36)18-14-33(15-11-12-21-22(13-15)32(3)25(37)31(21)2)26(38)34(23(18)35)20-10-6-7-16-17(20)8-5-9-19(16)27(28,29)30/h5,8-9,11-14,18,20H,4,6-7,10H2,1-3H3/q+1. The van der Waals surface area contributed by atoms with Crippen molar-refractivity contribution >= 4 is 40.8 Å². The fourth-order valence-electron chi connectivity index (χ4n) is 5.52. The monoisotopic (exact) mass is 543 g/mol. The number of halogens is 3. The van der Waals surface area contributed by atoms with E-state index < -0.39 is 41.6 Å². The molecule has 12 heteroatoms. The van der Waals surface area contributed by atoms with Crippen molar-refractivity contribution in [2.75, 3.05) is 6.61 Å². The van der Waals surface area contributed by atoms with Crippen molar-refractivity contribution < 1.29 is 36.9 Å². The number of ether oxygens (including phenoxy) is 1. The number of imidazole rings is 1. The van der Waals surface area contributed by atoms with Crippen LogP contribution in [0.4, 0.5) is 23.7 Å². The van der Waals surface area contributed by atoms with E-state index in [2.05, 4.69) is 0 Å². The number of carbonyl (C=O) groups is 3. The van der Waals surface area contributed by atoms with Crippen molar-refractivity contribution in [2.45, 2.75) is 38.4 Å². The largest absolute Gasteiger partial charge is 0.506 e. The number of benzene rings is 2. The van der Waals surface area contributed by atoms with E-state index in [1.165, 1.54) is 21.3 Å². The SMILES string of the molecule is CCOC(=O)C1C=[N+](c2ccc3c(c2)n(C)c(=O)n3C)C(=O)N(C2CCCc3c2cccc3C(F)(F)F)C1=O. The number of esters is 1. The lowest BCUT2D eigenvalue weighted by molar-refractivity contribution is -0.346. The van der Waals surface area contributed by atoms with Gasteiger partial charge in [0.05, 0.1) is 23.2 Å². The highest BCUT2D eigenvalue weighted by atomic mass is 19.4. The van der Waals surface area contributed by atoms with Gasteiger partial charge in [-0.05, 0) is 49.9 Å². The summed E-state index contributed by atoms with van der Waals surface area (Å²) in [6, 6.07) is 6.71. The van der Waals surface area contributed by atoms with Gasteiger partial charge in [0.25, 0.3) is 0 Å². The summed E-state index contributed by atoms with van der Waals surface area (Å²) in [6.45, 7) is 1.56. The molecule has 0 spiro atoms. The summed E-state index contributed by atoms with van der Waals surface area (Å²) in [6.07, 6.45) is -2.74. The first-order valence-electron chi connectivity index (χ1n) is 12.5. The molecule has 2 aromatic carbocycles. The van der Waals surface area contributed by atoms with Gasteiger partial charge in [-0.2, -0.15) is 27.4 Å². The molecular weight excluding hydrogens is 517 g/mol. The van der Waals surface area contributed by atoms with Gasteiger partial charge in [0.1, 0.15) is 17.9 Å². The van der Waals surface area contributed by atoms with E-state index in [4.69, 9.17) is 4.74 Å². The zero-order chi connectivity index (χ0) is 28.2. The van der Waals surface area contributed by atoms with Crippen LogP contribution in [0.3, 0.4) is 0 Å². The molecule has 2 heterocycles. The van der Waals surface area contributed by atoms with Gasteiger partial charge in [-0.3, -0.25) is 13.9 Å². The number of urea groups is 1. The van der Waals surface area contributed by atoms with Gasteiger partial charge in [-0.15, -0.1) is 0 Å². The van der Waals surface area contributed by atoms with Crippen LogP contribution in [0.25, 0.3) is 11.0 Å². The molecule has 0 saturated heterocycles. The first kappa shape index (κ1) is 26.4. The number of rotatable bonds is 4. The number of alkyl halides is 3. The van der Waals surface area contributed by atoms with Crippen LogP contribution < -0.4 is 5.69 Å². The Balaban J connectivity index is 1.66. The van der Waals surface area contributed by atoms with Crippen LogP contribution in [0.15, 0.2) is 41.2 Å². The smallest absolute Gasteiger partial charge is 0.465 e. The van der Waals surface area contributed by atoms with E-state index in [0.29, 0.717) is 17.5 Å². The molecule has 0 N–H and O–H groups in total. The zero-order valence-corrected chi connectivity index (χ0v) is 21.5. The molecule has 0 radical (unpaired) electrons. The molecule has 0 bridgehead atoms. The van der Waals surface area contributed by atoms with Crippen molar-refractivity contribution in [1.82, 2.24) is 14.0 Å². The Hall–Kier alpha value is -4.22. The maximum atomic E-state index is 13.9. The summed E-state index contributed by atoms with van der Waals surface area (Å²) in [4.78, 5) is 53.6. The second-order valence-electron chi connectivity index (χ2n) is 9.59. The average Bonchev–Trinajstić information content (AvgIpc) is 3.11. The lowest BCUT2D eigenvalue weighted by atomic mass is 9.83. The van der Waals surface area contributed by atoms with Gasteiger partial charge in [-0.1, -0.05) is 12.1 Å². The fraction of sp³-hybridized carbons (Fsp3) is 0.370. The minimum absolute atomic E-state index is 0.0102. The Morgan fingerprint density at radius 3 is 2.49 bits per heavy atom. The predicted molar refractivity (Wildman–Crippen MR) is 134 cm³/mol. The molecule has 3 aromatic rings. The lowest BCUT2D eigenvalue weighted by Crippen LogP contribution is -2.54. The van der Waals surface area contributed by atoms with Crippen LogP contribution in [0.2, 0.25) is 0 Å². The van der Waals surface area contributed by atoms with E-state index in [-0.39, 0.29) is 42.0 Å². The van der Waals surface area contributed by atoms with Gasteiger partial charge in [0.15, 0.2) is 0 Å². The number of hydrogen-bond acceptors (Lipinski definition) is 5. The maximum absolute atomic E-state index is 13.9. The number of aryl methyl sites for hydroxylation is 2. The lowest BCUT2D eigenvalue weighted by Gasteiger charge is -2.33. The first-order valence-corrected chi connectivity index (χ1v) is 12.5. The second-order valence-corrected chi connectivity index (χ2v) is 9.59. The molecule has 5 rings (SSSR count). The van der Waals surface area contributed by atoms with Gasteiger partial charge in [0, 0.05) is 25.7 Å². The molecule has 1 aliphatic carbocycles. The number of nitrogens with zero attached hydrogens (tertiary/aromatic N) is 4. The van der Waals surface area contributed by atoms with Gasteiger partial charge in [-0.25, -0.2) is 9.59 Å². The summed E-state index contributed by atoms with van der Waals surface area (Å²) < 4.78 is 50.4. The topological polar surface area (TPSA) is 93.6 Å². The molecule has 0 saturated carbocycles. The van der Waals surface area contributed by atoms with E-state index in [1.54, 1.807) is 39.2 Å². The van der Waals surface area contributed by atoms with Crippen LogP contribution in [-0.4, -0.2) is 49.3 Å². The third kappa shape index (κ3) is 4.23. The number of hydrogen-bond donors (Lipinski definition) is 0. The van der Waals surface area contributed by atoms with Crippen LogP contribution in [0, 0.1) is 5.92 Å². The zero-order valence-electron chi connectivity index (χ0n) is 21.5. The van der Waals surface area contributed by atoms with E-state index in [0.717, 1.165) is 21.8 Å². The average molecular weight is 544 g/mol. The van der Waals surface area contributed by atoms with Crippen LogP contribution >= 0.6 is 0 Å². The quantitative estimate of drug-likeness (QED) is 0.283. The second kappa shape index (κ2) is 9.51. The van der Waals surface area contributed by atoms with Gasteiger partial charge < -0.3 is 4.74 Å².